The van der Waals surface area contributed by atoms with Crippen LogP contribution in [-0.4, -0.2) is 32.1 Å². The standard InChI is InChI=1S/C23H22N4O/c1-15-7-9-16(10-8-15)22-21-18(17-5-3-4-6-19(17)25-21)12-14-27(22)23(28)20-11-13-24-26(20)2/h3-11,13,22,25H,12,14H2,1-2H3. The number of aromatic nitrogens is 3. The molecule has 1 amide bonds. The van der Waals surface area contributed by atoms with Gasteiger partial charge in [-0.3, -0.25) is 9.48 Å². The first-order valence-electron chi connectivity index (χ1n) is 9.58. The summed E-state index contributed by atoms with van der Waals surface area (Å²) in [5, 5.41) is 5.43. The van der Waals surface area contributed by atoms with Gasteiger partial charge in [-0.05, 0) is 36.6 Å². The minimum Gasteiger partial charge on any atom is -0.356 e. The molecular formula is C23H22N4O. The topological polar surface area (TPSA) is 53.9 Å². The summed E-state index contributed by atoms with van der Waals surface area (Å²) in [5.41, 5.74) is 6.49. The van der Waals surface area contributed by atoms with E-state index in [0.717, 1.165) is 23.2 Å². The Morgan fingerprint density at radius 3 is 2.64 bits per heavy atom. The van der Waals surface area contributed by atoms with Gasteiger partial charge in [0.2, 0.25) is 0 Å². The van der Waals surface area contributed by atoms with Gasteiger partial charge in [-0.1, -0.05) is 48.0 Å². The Bertz CT molecular complexity index is 1170. The lowest BCUT2D eigenvalue weighted by molar-refractivity contribution is 0.0680. The molecule has 0 bridgehead atoms. The Morgan fingerprint density at radius 2 is 1.89 bits per heavy atom. The van der Waals surface area contributed by atoms with Crippen molar-refractivity contribution in [2.24, 2.45) is 7.05 Å². The molecule has 0 fully saturated rings. The van der Waals surface area contributed by atoms with Gasteiger partial charge in [-0.2, -0.15) is 5.10 Å². The molecule has 5 heteroatoms. The molecule has 1 aliphatic heterocycles. The number of nitrogens with one attached hydrogen (secondary N) is 1. The fourth-order valence-corrected chi connectivity index (χ4v) is 4.29. The zero-order valence-electron chi connectivity index (χ0n) is 16.0. The highest BCUT2D eigenvalue weighted by Crippen LogP contribution is 2.39. The van der Waals surface area contributed by atoms with Crippen molar-refractivity contribution in [1.82, 2.24) is 19.7 Å². The van der Waals surface area contributed by atoms with E-state index in [1.807, 2.05) is 18.0 Å². The minimum atomic E-state index is -0.140. The number of nitrogens with zero attached hydrogens (tertiary/aromatic N) is 3. The van der Waals surface area contributed by atoms with Crippen molar-refractivity contribution in [3.05, 3.63) is 88.9 Å². The van der Waals surface area contributed by atoms with Crippen LogP contribution >= 0.6 is 0 Å². The molecule has 0 aliphatic carbocycles. The van der Waals surface area contributed by atoms with E-state index in [4.69, 9.17) is 0 Å². The summed E-state index contributed by atoms with van der Waals surface area (Å²) < 4.78 is 1.65. The summed E-state index contributed by atoms with van der Waals surface area (Å²) in [6, 6.07) is 18.5. The molecule has 1 atom stereocenters. The summed E-state index contributed by atoms with van der Waals surface area (Å²) in [5.74, 6) is 0.00915. The molecule has 5 nitrogen and oxygen atoms in total. The van der Waals surface area contributed by atoms with Gasteiger partial charge in [0.15, 0.2) is 0 Å². The van der Waals surface area contributed by atoms with Crippen molar-refractivity contribution in [3.63, 3.8) is 0 Å². The number of rotatable bonds is 2. The molecule has 140 valence electrons. The molecule has 0 saturated carbocycles. The second kappa shape index (κ2) is 6.37. The highest BCUT2D eigenvalue weighted by Gasteiger charge is 2.35. The molecule has 3 heterocycles. The average molecular weight is 370 g/mol. The van der Waals surface area contributed by atoms with E-state index in [1.165, 1.54) is 16.5 Å². The molecule has 1 N–H and O–H groups in total. The Balaban J connectivity index is 1.68. The monoisotopic (exact) mass is 370 g/mol. The van der Waals surface area contributed by atoms with Gasteiger partial charge in [0.25, 0.3) is 5.91 Å². The molecule has 0 spiro atoms. The molecule has 1 unspecified atom stereocenters. The number of hydrogen-bond acceptors (Lipinski definition) is 2. The maximum absolute atomic E-state index is 13.4. The number of carbonyl (C=O) groups excluding carboxylic acids is 1. The van der Waals surface area contributed by atoms with Crippen LogP contribution in [-0.2, 0) is 13.5 Å². The number of benzene rings is 2. The van der Waals surface area contributed by atoms with Crippen molar-refractivity contribution in [3.8, 4) is 0 Å². The van der Waals surface area contributed by atoms with Gasteiger partial charge in [0.05, 0.1) is 6.04 Å². The van der Waals surface area contributed by atoms with Gasteiger partial charge in [-0.25, -0.2) is 0 Å². The molecule has 28 heavy (non-hydrogen) atoms. The van der Waals surface area contributed by atoms with E-state index < -0.39 is 0 Å². The van der Waals surface area contributed by atoms with Crippen LogP contribution in [0.2, 0.25) is 0 Å². The van der Waals surface area contributed by atoms with E-state index in [-0.39, 0.29) is 11.9 Å². The Labute approximate surface area is 163 Å². The molecule has 2 aromatic heterocycles. The zero-order valence-corrected chi connectivity index (χ0v) is 16.0. The Morgan fingerprint density at radius 1 is 1.11 bits per heavy atom. The maximum atomic E-state index is 13.4. The van der Waals surface area contributed by atoms with E-state index >= 15 is 0 Å². The van der Waals surface area contributed by atoms with Crippen LogP contribution < -0.4 is 0 Å². The third kappa shape index (κ3) is 2.54. The van der Waals surface area contributed by atoms with Gasteiger partial charge < -0.3 is 9.88 Å². The largest absolute Gasteiger partial charge is 0.356 e. The SMILES string of the molecule is Cc1ccc(C2c3[nH]c4ccccc4c3CCN2C(=O)c2ccnn2C)cc1. The van der Waals surface area contributed by atoms with Crippen LogP contribution in [0.15, 0.2) is 60.8 Å². The van der Waals surface area contributed by atoms with Gasteiger partial charge in [-0.15, -0.1) is 0 Å². The van der Waals surface area contributed by atoms with Crippen molar-refractivity contribution in [1.29, 1.82) is 0 Å². The smallest absolute Gasteiger partial charge is 0.272 e. The lowest BCUT2D eigenvalue weighted by Gasteiger charge is -2.36. The van der Waals surface area contributed by atoms with Crippen LogP contribution in [0.1, 0.15) is 38.9 Å². The van der Waals surface area contributed by atoms with E-state index in [2.05, 4.69) is 59.5 Å². The minimum absolute atomic E-state index is 0.00915. The summed E-state index contributed by atoms with van der Waals surface area (Å²) in [4.78, 5) is 19.0. The van der Waals surface area contributed by atoms with Crippen LogP contribution in [0, 0.1) is 6.92 Å². The van der Waals surface area contributed by atoms with E-state index in [9.17, 15) is 4.79 Å². The Hall–Kier alpha value is -3.34. The van der Waals surface area contributed by atoms with Crippen LogP contribution in [0.5, 0.6) is 0 Å². The highest BCUT2D eigenvalue weighted by molar-refractivity contribution is 5.94. The van der Waals surface area contributed by atoms with Crippen LogP contribution in [0.25, 0.3) is 10.9 Å². The first-order valence-corrected chi connectivity index (χ1v) is 9.58. The van der Waals surface area contributed by atoms with Crippen molar-refractivity contribution >= 4 is 16.8 Å². The first-order chi connectivity index (χ1) is 13.6. The van der Waals surface area contributed by atoms with E-state index in [1.54, 1.807) is 16.9 Å². The van der Waals surface area contributed by atoms with E-state index in [0.29, 0.717) is 12.2 Å². The van der Waals surface area contributed by atoms with Crippen molar-refractivity contribution in [2.75, 3.05) is 6.54 Å². The number of aryl methyl sites for hydroxylation is 2. The fourth-order valence-electron chi connectivity index (χ4n) is 4.29. The zero-order chi connectivity index (χ0) is 19.3. The molecule has 2 aromatic carbocycles. The Kier molecular flexibility index (Phi) is 3.83. The molecule has 0 saturated heterocycles. The lowest BCUT2D eigenvalue weighted by atomic mass is 9.91. The summed E-state index contributed by atoms with van der Waals surface area (Å²) >= 11 is 0. The normalized spacial score (nSPS) is 16.4. The number of fused-ring (bicyclic) bond motifs is 3. The maximum Gasteiger partial charge on any atom is 0.272 e. The van der Waals surface area contributed by atoms with Crippen molar-refractivity contribution in [2.45, 2.75) is 19.4 Å². The lowest BCUT2D eigenvalue weighted by Crippen LogP contribution is -2.41. The van der Waals surface area contributed by atoms with Gasteiger partial charge in [0, 0.05) is 36.4 Å². The molecule has 5 rings (SSSR count). The first kappa shape index (κ1) is 16.8. The quantitative estimate of drug-likeness (QED) is 0.580. The predicted octanol–water partition coefficient (Wildman–Crippen LogP) is 4.00. The number of carbonyl (C=O) groups is 1. The second-order valence-electron chi connectivity index (χ2n) is 7.46. The number of hydrogen-bond donors (Lipinski definition) is 1. The molecular weight excluding hydrogens is 348 g/mol. The third-order valence-electron chi connectivity index (χ3n) is 5.73. The molecule has 4 aromatic rings. The number of para-hydroxylation sites is 1. The molecule has 0 radical (unpaired) electrons. The second-order valence-corrected chi connectivity index (χ2v) is 7.46. The highest BCUT2D eigenvalue weighted by atomic mass is 16.2. The van der Waals surface area contributed by atoms with Gasteiger partial charge in [0.1, 0.15) is 5.69 Å². The van der Waals surface area contributed by atoms with Crippen LogP contribution in [0.3, 0.4) is 0 Å². The number of H-pyrrole nitrogens is 1. The number of aromatic amines is 1. The summed E-state index contributed by atoms with van der Waals surface area (Å²) in [7, 11) is 1.81. The van der Waals surface area contributed by atoms with Gasteiger partial charge >= 0.3 is 0 Å². The van der Waals surface area contributed by atoms with Crippen LogP contribution in [0.4, 0.5) is 0 Å². The predicted molar refractivity (Wildman–Crippen MR) is 109 cm³/mol. The molecule has 1 aliphatic rings. The fraction of sp³-hybridized carbons (Fsp3) is 0.217. The summed E-state index contributed by atoms with van der Waals surface area (Å²) in [6.45, 7) is 2.76. The van der Waals surface area contributed by atoms with Crippen molar-refractivity contribution < 1.29 is 4.79 Å². The number of amides is 1. The third-order valence-corrected chi connectivity index (χ3v) is 5.73. The summed E-state index contributed by atoms with van der Waals surface area (Å²) in [6.07, 6.45) is 2.51. The average Bonchev–Trinajstić information content (AvgIpc) is 3.30.